The number of nitrogens with zero attached hydrogens (tertiary/aromatic N) is 1. The SMILES string of the molecule is CCn1c(=O)c2c(O)c(Sc3ccccc3)c(=O)oc2c2cc(OC)ccc21. The van der Waals surface area contributed by atoms with Crippen LogP contribution in [0.3, 0.4) is 0 Å². The zero-order chi connectivity index (χ0) is 19.8. The quantitative estimate of drug-likeness (QED) is 0.526. The van der Waals surface area contributed by atoms with E-state index in [4.69, 9.17) is 9.15 Å². The van der Waals surface area contributed by atoms with Crippen molar-refractivity contribution in [1.82, 2.24) is 4.57 Å². The molecule has 0 saturated heterocycles. The van der Waals surface area contributed by atoms with Crippen LogP contribution in [0.5, 0.6) is 11.5 Å². The predicted molar refractivity (Wildman–Crippen MR) is 109 cm³/mol. The van der Waals surface area contributed by atoms with Crippen molar-refractivity contribution in [3.63, 3.8) is 0 Å². The number of ether oxygens (including phenoxy) is 1. The van der Waals surface area contributed by atoms with E-state index in [1.165, 1.54) is 11.7 Å². The van der Waals surface area contributed by atoms with Gasteiger partial charge in [0.15, 0.2) is 11.3 Å². The van der Waals surface area contributed by atoms with Crippen LogP contribution < -0.4 is 15.9 Å². The van der Waals surface area contributed by atoms with Crippen LogP contribution in [-0.4, -0.2) is 16.8 Å². The van der Waals surface area contributed by atoms with Gasteiger partial charge in [0.05, 0.1) is 12.6 Å². The van der Waals surface area contributed by atoms with Crippen molar-refractivity contribution in [3.8, 4) is 11.5 Å². The Bertz CT molecular complexity index is 1310. The highest BCUT2D eigenvalue weighted by molar-refractivity contribution is 7.99. The molecule has 28 heavy (non-hydrogen) atoms. The highest BCUT2D eigenvalue weighted by Gasteiger charge is 2.22. The smallest absolute Gasteiger partial charge is 0.354 e. The molecule has 0 aliphatic carbocycles. The van der Waals surface area contributed by atoms with Gasteiger partial charge in [-0.2, -0.15) is 0 Å². The molecule has 2 aromatic heterocycles. The highest BCUT2D eigenvalue weighted by atomic mass is 32.2. The molecule has 0 bridgehead atoms. The maximum Gasteiger partial charge on any atom is 0.354 e. The first kappa shape index (κ1) is 18.2. The Labute approximate surface area is 164 Å². The molecule has 4 rings (SSSR count). The highest BCUT2D eigenvalue weighted by Crippen LogP contribution is 2.37. The van der Waals surface area contributed by atoms with Crippen LogP contribution in [0.1, 0.15) is 6.92 Å². The molecule has 142 valence electrons. The minimum Gasteiger partial charge on any atom is -0.505 e. The number of methoxy groups -OCH3 is 1. The molecule has 0 amide bonds. The molecule has 2 aromatic carbocycles. The fourth-order valence-electron chi connectivity index (χ4n) is 3.21. The molecule has 6 nitrogen and oxygen atoms in total. The summed E-state index contributed by atoms with van der Waals surface area (Å²) >= 11 is 1.06. The van der Waals surface area contributed by atoms with Crippen molar-refractivity contribution in [2.24, 2.45) is 0 Å². The first-order chi connectivity index (χ1) is 13.5. The van der Waals surface area contributed by atoms with E-state index in [1.54, 1.807) is 18.2 Å². The molecular formula is C21H17NO5S. The monoisotopic (exact) mass is 395 g/mol. The maximum atomic E-state index is 13.1. The summed E-state index contributed by atoms with van der Waals surface area (Å²) in [4.78, 5) is 26.4. The molecule has 2 heterocycles. The zero-order valence-corrected chi connectivity index (χ0v) is 16.1. The standard InChI is InChI=1S/C21H17NO5S/c1-3-22-15-10-9-12(26-2)11-14(15)18-16(20(22)24)17(23)19(21(25)27-18)28-13-7-5-4-6-8-13/h4-11,23H,3H2,1-2H3. The number of hydrogen-bond acceptors (Lipinski definition) is 6. The van der Waals surface area contributed by atoms with Crippen molar-refractivity contribution in [2.75, 3.05) is 7.11 Å². The lowest BCUT2D eigenvalue weighted by atomic mass is 10.1. The summed E-state index contributed by atoms with van der Waals surface area (Å²) in [7, 11) is 1.53. The van der Waals surface area contributed by atoms with Crippen LogP contribution in [0, 0.1) is 0 Å². The van der Waals surface area contributed by atoms with Crippen LogP contribution in [0.2, 0.25) is 0 Å². The van der Waals surface area contributed by atoms with E-state index in [2.05, 4.69) is 0 Å². The molecule has 0 unspecified atom stereocenters. The second-order valence-electron chi connectivity index (χ2n) is 6.12. The first-order valence-corrected chi connectivity index (χ1v) is 9.50. The number of pyridine rings is 1. The third-order valence-electron chi connectivity index (χ3n) is 4.54. The van der Waals surface area contributed by atoms with Gasteiger partial charge in [0.25, 0.3) is 5.56 Å². The lowest BCUT2D eigenvalue weighted by Gasteiger charge is -2.13. The summed E-state index contributed by atoms with van der Waals surface area (Å²) in [6, 6.07) is 14.3. The normalized spacial score (nSPS) is 11.2. The van der Waals surface area contributed by atoms with E-state index in [-0.39, 0.29) is 21.6 Å². The van der Waals surface area contributed by atoms with E-state index in [1.807, 2.05) is 37.3 Å². The molecule has 0 fully saturated rings. The number of aromatic hydroxyl groups is 1. The van der Waals surface area contributed by atoms with E-state index in [9.17, 15) is 14.7 Å². The third-order valence-corrected chi connectivity index (χ3v) is 5.61. The van der Waals surface area contributed by atoms with Gasteiger partial charge in [-0.15, -0.1) is 0 Å². The summed E-state index contributed by atoms with van der Waals surface area (Å²) in [5.41, 5.74) is -0.446. The van der Waals surface area contributed by atoms with Crippen LogP contribution in [-0.2, 0) is 6.54 Å². The molecule has 7 heteroatoms. The van der Waals surface area contributed by atoms with Gasteiger partial charge in [0.2, 0.25) is 0 Å². The number of aromatic nitrogens is 1. The molecule has 4 aromatic rings. The molecule has 0 saturated carbocycles. The van der Waals surface area contributed by atoms with E-state index >= 15 is 0 Å². The van der Waals surface area contributed by atoms with Gasteiger partial charge < -0.3 is 18.8 Å². The van der Waals surface area contributed by atoms with Crippen LogP contribution >= 0.6 is 11.8 Å². The molecule has 0 atom stereocenters. The van der Waals surface area contributed by atoms with Gasteiger partial charge >= 0.3 is 5.63 Å². The van der Waals surface area contributed by atoms with Crippen molar-refractivity contribution in [3.05, 3.63) is 69.3 Å². The Balaban J connectivity index is 2.10. The van der Waals surface area contributed by atoms with Gasteiger partial charge in [-0.1, -0.05) is 30.0 Å². The minimum atomic E-state index is -0.698. The second-order valence-corrected chi connectivity index (χ2v) is 7.20. The Hall–Kier alpha value is -3.19. The second kappa shape index (κ2) is 7.09. The molecule has 1 N–H and O–H groups in total. The first-order valence-electron chi connectivity index (χ1n) is 8.68. The van der Waals surface area contributed by atoms with Gasteiger partial charge in [0.1, 0.15) is 16.0 Å². The van der Waals surface area contributed by atoms with Gasteiger partial charge in [0, 0.05) is 16.8 Å². The molecule has 0 radical (unpaired) electrons. The summed E-state index contributed by atoms with van der Waals surface area (Å²) in [5, 5.41) is 11.4. The number of rotatable bonds is 4. The number of hydrogen-bond donors (Lipinski definition) is 1. The minimum absolute atomic E-state index is 0.0132. The molecule has 0 aliphatic heterocycles. The van der Waals surface area contributed by atoms with Crippen molar-refractivity contribution in [2.45, 2.75) is 23.3 Å². The number of aryl methyl sites for hydroxylation is 1. The summed E-state index contributed by atoms with van der Waals surface area (Å²) in [6.45, 7) is 2.24. The summed E-state index contributed by atoms with van der Waals surface area (Å²) in [5.74, 6) is 0.192. The van der Waals surface area contributed by atoms with Crippen molar-refractivity contribution < 1.29 is 14.3 Å². The fourth-order valence-corrected chi connectivity index (χ4v) is 4.06. The van der Waals surface area contributed by atoms with E-state index in [0.29, 0.717) is 23.2 Å². The van der Waals surface area contributed by atoms with Crippen LogP contribution in [0.25, 0.3) is 21.9 Å². The third kappa shape index (κ3) is 2.84. The van der Waals surface area contributed by atoms with Gasteiger partial charge in [-0.05, 0) is 37.3 Å². The fraction of sp³-hybridized carbons (Fsp3) is 0.143. The Morgan fingerprint density at radius 2 is 1.89 bits per heavy atom. The average molecular weight is 395 g/mol. The van der Waals surface area contributed by atoms with Crippen molar-refractivity contribution >= 4 is 33.6 Å². The van der Waals surface area contributed by atoms with Gasteiger partial charge in [-0.25, -0.2) is 4.79 Å². The Morgan fingerprint density at radius 1 is 1.14 bits per heavy atom. The predicted octanol–water partition coefficient (Wildman–Crippen LogP) is 3.99. The van der Waals surface area contributed by atoms with Crippen molar-refractivity contribution in [1.29, 1.82) is 0 Å². The van der Waals surface area contributed by atoms with Crippen LogP contribution in [0.4, 0.5) is 0 Å². The lowest BCUT2D eigenvalue weighted by molar-refractivity contribution is 0.415. The molecule has 0 spiro atoms. The molecular weight excluding hydrogens is 378 g/mol. The number of benzene rings is 2. The lowest BCUT2D eigenvalue weighted by Crippen LogP contribution is -2.21. The van der Waals surface area contributed by atoms with Crippen LogP contribution in [0.15, 0.2) is 72.3 Å². The van der Waals surface area contributed by atoms with Gasteiger partial charge in [-0.3, -0.25) is 4.79 Å². The summed E-state index contributed by atoms with van der Waals surface area (Å²) in [6.07, 6.45) is 0. The average Bonchev–Trinajstić information content (AvgIpc) is 2.71. The Morgan fingerprint density at radius 3 is 2.57 bits per heavy atom. The molecule has 0 aliphatic rings. The van der Waals surface area contributed by atoms with E-state index in [0.717, 1.165) is 16.7 Å². The van der Waals surface area contributed by atoms with E-state index < -0.39 is 11.2 Å². The topological polar surface area (TPSA) is 81.7 Å². The zero-order valence-electron chi connectivity index (χ0n) is 15.3. The largest absolute Gasteiger partial charge is 0.505 e. The summed E-state index contributed by atoms with van der Waals surface area (Å²) < 4.78 is 12.3. The number of fused-ring (bicyclic) bond motifs is 3. The Kier molecular flexibility index (Phi) is 4.60. The maximum absolute atomic E-state index is 13.1.